The van der Waals surface area contributed by atoms with Crippen molar-refractivity contribution >= 4 is 33.1 Å². The number of nitrogens with one attached hydrogen (secondary N) is 1. The number of thioether (sulfide) groups is 1. The predicted molar refractivity (Wildman–Crippen MR) is 81.9 cm³/mol. The van der Waals surface area contributed by atoms with Crippen LogP contribution in [0, 0.1) is 0 Å². The Morgan fingerprint density at radius 2 is 1.90 bits per heavy atom. The van der Waals surface area contributed by atoms with E-state index in [2.05, 4.69) is 5.32 Å². The average Bonchev–Trinajstić information content (AvgIpc) is 2.20. The molecule has 7 nitrogen and oxygen atoms in total. The van der Waals surface area contributed by atoms with E-state index < -0.39 is 27.9 Å². The van der Waals surface area contributed by atoms with E-state index >= 15 is 0 Å². The lowest BCUT2D eigenvalue weighted by molar-refractivity contribution is -0.109. The van der Waals surface area contributed by atoms with Crippen LogP contribution in [-0.2, 0) is 19.6 Å². The van der Waals surface area contributed by atoms with Gasteiger partial charge in [0.05, 0.1) is 5.75 Å². The fourth-order valence-corrected chi connectivity index (χ4v) is 2.62. The smallest absolute Gasteiger partial charge is 0.407 e. The number of carbonyl (C=O) groups is 2. The topological polar surface area (TPSA) is 110 Å². The molecule has 0 saturated heterocycles. The zero-order valence-electron chi connectivity index (χ0n) is 12.7. The maximum atomic E-state index is 11.7. The third-order valence-corrected chi connectivity index (χ3v) is 3.94. The van der Waals surface area contributed by atoms with Gasteiger partial charge in [-0.15, -0.1) is 0 Å². The molecule has 0 heterocycles. The Hall–Kier alpha value is -0.800. The molecule has 0 aromatic carbocycles. The average molecular weight is 341 g/mol. The van der Waals surface area contributed by atoms with Crippen molar-refractivity contribution in [3.05, 3.63) is 0 Å². The van der Waals surface area contributed by atoms with Gasteiger partial charge in [-0.05, 0) is 33.6 Å². The highest BCUT2D eigenvalue weighted by molar-refractivity contribution is 8.13. The van der Waals surface area contributed by atoms with Gasteiger partial charge < -0.3 is 10.1 Å². The number of rotatable bonds is 7. The standard InChI is InChI=1S/C12H23NO6S2/c1-9(14)20-8-10(6-5-7-21(16,17)18)13-11(15)19-12(2,3)4/h10H,5-8H2,1-4H3,(H,13,15)(H,16,17,18)/t10-/m0/s1. The Bertz CT molecular complexity index is 455. The first-order valence-corrected chi connectivity index (χ1v) is 9.06. The molecule has 0 spiro atoms. The van der Waals surface area contributed by atoms with Crippen molar-refractivity contribution in [2.75, 3.05) is 11.5 Å². The third-order valence-electron chi connectivity index (χ3n) is 2.16. The van der Waals surface area contributed by atoms with Gasteiger partial charge in [0.25, 0.3) is 10.1 Å². The van der Waals surface area contributed by atoms with Gasteiger partial charge in [0.15, 0.2) is 5.12 Å². The van der Waals surface area contributed by atoms with Gasteiger partial charge in [-0.2, -0.15) is 8.42 Å². The molecule has 1 atom stereocenters. The number of hydrogen-bond acceptors (Lipinski definition) is 6. The predicted octanol–water partition coefficient (Wildman–Crippen LogP) is 1.83. The number of ether oxygens (including phenoxy) is 1. The normalized spacial score (nSPS) is 13.6. The minimum absolute atomic E-state index is 0.0965. The molecule has 1 amide bonds. The zero-order chi connectivity index (χ0) is 16.7. The summed E-state index contributed by atoms with van der Waals surface area (Å²) in [4.78, 5) is 22.7. The van der Waals surface area contributed by atoms with E-state index in [0.717, 1.165) is 11.8 Å². The molecule has 0 radical (unpaired) electrons. The van der Waals surface area contributed by atoms with Gasteiger partial charge >= 0.3 is 6.09 Å². The number of amides is 1. The van der Waals surface area contributed by atoms with Crippen LogP contribution in [0.3, 0.4) is 0 Å². The van der Waals surface area contributed by atoms with Crippen LogP contribution in [0.1, 0.15) is 40.5 Å². The van der Waals surface area contributed by atoms with Gasteiger partial charge in [-0.25, -0.2) is 4.79 Å². The Morgan fingerprint density at radius 3 is 2.33 bits per heavy atom. The quantitative estimate of drug-likeness (QED) is 0.680. The Balaban J connectivity index is 4.44. The second kappa shape index (κ2) is 8.60. The molecule has 2 N–H and O–H groups in total. The van der Waals surface area contributed by atoms with Gasteiger partial charge in [-0.3, -0.25) is 9.35 Å². The zero-order valence-corrected chi connectivity index (χ0v) is 14.3. The molecule has 0 aliphatic heterocycles. The summed E-state index contributed by atoms with van der Waals surface area (Å²) >= 11 is 1.04. The Labute approximate surface area is 129 Å². The van der Waals surface area contributed by atoms with Crippen LogP contribution in [0.25, 0.3) is 0 Å². The van der Waals surface area contributed by atoms with E-state index in [9.17, 15) is 18.0 Å². The van der Waals surface area contributed by atoms with Gasteiger partial charge in [-0.1, -0.05) is 11.8 Å². The van der Waals surface area contributed by atoms with Crippen LogP contribution in [0.15, 0.2) is 0 Å². The summed E-state index contributed by atoms with van der Waals surface area (Å²) in [5.41, 5.74) is -0.642. The highest BCUT2D eigenvalue weighted by atomic mass is 32.2. The first-order valence-electron chi connectivity index (χ1n) is 6.47. The van der Waals surface area contributed by atoms with Gasteiger partial charge in [0, 0.05) is 18.7 Å². The van der Waals surface area contributed by atoms with Crippen molar-refractivity contribution in [3.63, 3.8) is 0 Å². The van der Waals surface area contributed by atoms with Crippen molar-refractivity contribution in [2.24, 2.45) is 0 Å². The van der Waals surface area contributed by atoms with Gasteiger partial charge in [0.1, 0.15) is 5.60 Å². The van der Waals surface area contributed by atoms with Crippen molar-refractivity contribution in [2.45, 2.75) is 52.2 Å². The lowest BCUT2D eigenvalue weighted by atomic mass is 10.2. The third kappa shape index (κ3) is 13.9. The van der Waals surface area contributed by atoms with Crippen LogP contribution >= 0.6 is 11.8 Å². The van der Waals surface area contributed by atoms with Crippen LogP contribution in [0.5, 0.6) is 0 Å². The Kier molecular flexibility index (Phi) is 8.27. The molecule has 0 aliphatic rings. The summed E-state index contributed by atoms with van der Waals surface area (Å²) in [5.74, 6) is -0.0652. The van der Waals surface area contributed by atoms with E-state index in [4.69, 9.17) is 9.29 Å². The van der Waals surface area contributed by atoms with Gasteiger partial charge in [0.2, 0.25) is 0 Å². The lowest BCUT2D eigenvalue weighted by Gasteiger charge is -2.23. The first-order chi connectivity index (χ1) is 9.39. The van der Waals surface area contributed by atoms with E-state index in [-0.39, 0.29) is 17.3 Å². The van der Waals surface area contributed by atoms with Crippen molar-refractivity contribution in [3.8, 4) is 0 Å². The molecule has 124 valence electrons. The molecule has 9 heteroatoms. The van der Waals surface area contributed by atoms with Crippen molar-refractivity contribution in [1.29, 1.82) is 0 Å². The lowest BCUT2D eigenvalue weighted by Crippen LogP contribution is -2.40. The molecule has 0 aromatic rings. The van der Waals surface area contributed by atoms with Crippen LogP contribution in [0.2, 0.25) is 0 Å². The molecule has 21 heavy (non-hydrogen) atoms. The van der Waals surface area contributed by atoms with Crippen LogP contribution in [-0.4, -0.2) is 47.3 Å². The van der Waals surface area contributed by atoms with E-state index in [1.54, 1.807) is 20.8 Å². The largest absolute Gasteiger partial charge is 0.444 e. The van der Waals surface area contributed by atoms with E-state index in [1.165, 1.54) is 6.92 Å². The maximum Gasteiger partial charge on any atom is 0.407 e. The summed E-state index contributed by atoms with van der Waals surface area (Å²) in [5, 5.41) is 2.51. The van der Waals surface area contributed by atoms with E-state index in [0.29, 0.717) is 12.2 Å². The minimum Gasteiger partial charge on any atom is -0.444 e. The molecular weight excluding hydrogens is 318 g/mol. The Morgan fingerprint density at radius 1 is 1.33 bits per heavy atom. The van der Waals surface area contributed by atoms with Crippen LogP contribution < -0.4 is 5.32 Å². The molecule has 0 aliphatic carbocycles. The molecule has 0 unspecified atom stereocenters. The summed E-state index contributed by atoms with van der Waals surface area (Å²) < 4.78 is 35.1. The number of alkyl carbamates (subject to hydrolysis) is 1. The fraction of sp³-hybridized carbons (Fsp3) is 0.833. The monoisotopic (exact) mass is 341 g/mol. The van der Waals surface area contributed by atoms with E-state index in [1.807, 2.05) is 0 Å². The van der Waals surface area contributed by atoms with Crippen molar-refractivity contribution in [1.82, 2.24) is 5.32 Å². The summed E-state index contributed by atoms with van der Waals surface area (Å²) in [6.45, 7) is 6.59. The molecular formula is C12H23NO6S2. The molecule has 0 rings (SSSR count). The number of carbonyl (C=O) groups excluding carboxylic acids is 2. The second-order valence-electron chi connectivity index (χ2n) is 5.57. The summed E-state index contributed by atoms with van der Waals surface area (Å²) in [7, 11) is -4.03. The summed E-state index contributed by atoms with van der Waals surface area (Å²) in [6, 6.07) is -0.407. The molecule has 0 saturated carbocycles. The highest BCUT2D eigenvalue weighted by Crippen LogP contribution is 2.11. The second-order valence-corrected chi connectivity index (χ2v) is 8.34. The maximum absolute atomic E-state index is 11.7. The van der Waals surface area contributed by atoms with Crippen LogP contribution in [0.4, 0.5) is 4.79 Å². The van der Waals surface area contributed by atoms with Crippen molar-refractivity contribution < 1.29 is 27.3 Å². The first kappa shape index (κ1) is 20.2. The molecule has 0 bridgehead atoms. The minimum atomic E-state index is -4.03. The highest BCUT2D eigenvalue weighted by Gasteiger charge is 2.20. The fourth-order valence-electron chi connectivity index (χ4n) is 1.40. The SMILES string of the molecule is CC(=O)SC[C@H](CCCS(=O)(=O)O)NC(=O)OC(C)(C)C. The summed E-state index contributed by atoms with van der Waals surface area (Å²) in [6.07, 6.45) is -0.125. The molecule has 0 aromatic heterocycles. The molecule has 0 fully saturated rings. The number of hydrogen-bond donors (Lipinski definition) is 2.